The molecule has 0 spiro atoms. The van der Waals surface area contributed by atoms with Crippen LogP contribution in [0.5, 0.6) is 0 Å². The summed E-state index contributed by atoms with van der Waals surface area (Å²) in [5.41, 5.74) is 1.91. The quantitative estimate of drug-likeness (QED) is 0.588. The molecule has 26 heavy (non-hydrogen) atoms. The van der Waals surface area contributed by atoms with E-state index in [9.17, 15) is 14.4 Å². The Kier molecular flexibility index (Phi) is 5.13. The maximum Gasteiger partial charge on any atom is 0.356 e. The van der Waals surface area contributed by atoms with Crippen LogP contribution in [0.4, 0.5) is 11.4 Å². The first-order valence-corrected chi connectivity index (χ1v) is 8.86. The number of amides is 2. The lowest BCUT2D eigenvalue weighted by Crippen LogP contribution is -2.33. The Morgan fingerprint density at radius 3 is 2.77 bits per heavy atom. The van der Waals surface area contributed by atoms with E-state index in [2.05, 4.69) is 26.2 Å². The number of nitrogens with zero attached hydrogens (tertiary/aromatic N) is 1. The number of aromatic nitrogens is 1. The van der Waals surface area contributed by atoms with Crippen molar-refractivity contribution in [1.82, 2.24) is 4.98 Å². The van der Waals surface area contributed by atoms with Crippen LogP contribution in [0.25, 0.3) is 0 Å². The van der Waals surface area contributed by atoms with Crippen molar-refractivity contribution < 1.29 is 19.1 Å². The first-order chi connectivity index (χ1) is 12.4. The molecular formula is C18H18BrN3O4. The Labute approximate surface area is 158 Å². The zero-order valence-electron chi connectivity index (χ0n) is 14.3. The van der Waals surface area contributed by atoms with Gasteiger partial charge in [0.25, 0.3) is 0 Å². The summed E-state index contributed by atoms with van der Waals surface area (Å²) in [7, 11) is 1.26. The average Bonchev–Trinajstić information content (AvgIpc) is 3.17. The highest BCUT2D eigenvalue weighted by Gasteiger charge is 2.38. The van der Waals surface area contributed by atoms with Crippen molar-refractivity contribution >= 4 is 45.1 Å². The summed E-state index contributed by atoms with van der Waals surface area (Å²) in [5, 5.41) is 2.68. The van der Waals surface area contributed by atoms with Crippen molar-refractivity contribution in [3.05, 3.63) is 46.2 Å². The number of esters is 1. The molecule has 1 fully saturated rings. The van der Waals surface area contributed by atoms with Crippen LogP contribution in [-0.4, -0.2) is 36.4 Å². The van der Waals surface area contributed by atoms with E-state index in [0.717, 1.165) is 10.2 Å². The zero-order chi connectivity index (χ0) is 18.8. The Morgan fingerprint density at radius 2 is 2.08 bits per heavy atom. The first-order valence-electron chi connectivity index (χ1n) is 8.07. The van der Waals surface area contributed by atoms with E-state index in [0.29, 0.717) is 24.3 Å². The van der Waals surface area contributed by atoms with Gasteiger partial charge in [0.1, 0.15) is 11.6 Å². The molecule has 2 amide bonds. The summed E-state index contributed by atoms with van der Waals surface area (Å²) in [6.45, 7) is 2.22. The Bertz CT molecular complexity index is 877. The monoisotopic (exact) mass is 419 g/mol. The number of aromatic amines is 1. The summed E-state index contributed by atoms with van der Waals surface area (Å²) in [5.74, 6) is -2.08. The maximum atomic E-state index is 12.7. The van der Waals surface area contributed by atoms with Crippen LogP contribution in [0.15, 0.2) is 34.8 Å². The molecule has 1 aliphatic rings. The number of anilines is 2. The van der Waals surface area contributed by atoms with Gasteiger partial charge in [0, 0.05) is 16.7 Å². The van der Waals surface area contributed by atoms with E-state index < -0.39 is 17.8 Å². The number of methoxy groups -OCH3 is 1. The summed E-state index contributed by atoms with van der Waals surface area (Å²) in [4.78, 5) is 41.6. The molecule has 1 aromatic carbocycles. The number of rotatable bonds is 4. The molecule has 136 valence electrons. The minimum Gasteiger partial charge on any atom is -0.464 e. The minimum atomic E-state index is -0.803. The van der Waals surface area contributed by atoms with E-state index in [4.69, 9.17) is 4.74 Å². The molecule has 2 heterocycles. The number of ether oxygens (including phenoxy) is 1. The smallest absolute Gasteiger partial charge is 0.356 e. The predicted molar refractivity (Wildman–Crippen MR) is 100 cm³/mol. The fourth-order valence-corrected chi connectivity index (χ4v) is 3.50. The molecule has 1 atom stereocenters. The van der Waals surface area contributed by atoms with Gasteiger partial charge in [-0.15, -0.1) is 0 Å². The van der Waals surface area contributed by atoms with Gasteiger partial charge in [-0.25, -0.2) is 4.79 Å². The van der Waals surface area contributed by atoms with Crippen molar-refractivity contribution in [3.8, 4) is 0 Å². The van der Waals surface area contributed by atoms with Gasteiger partial charge in [-0.1, -0.05) is 12.1 Å². The van der Waals surface area contributed by atoms with Gasteiger partial charge < -0.3 is 19.9 Å². The third-order valence-corrected chi connectivity index (χ3v) is 4.94. The summed E-state index contributed by atoms with van der Waals surface area (Å²) < 4.78 is 5.50. The molecule has 0 unspecified atom stereocenters. The molecule has 0 saturated carbocycles. The molecule has 1 saturated heterocycles. The minimum absolute atomic E-state index is 0.159. The third-order valence-electron chi connectivity index (χ3n) is 4.26. The SMILES string of the molecule is COC(=O)c1[nH]c(C)cc1NC(=O)[C@@H]1CCN(c2ccccc2Br)C1=O. The van der Waals surface area contributed by atoms with E-state index in [-0.39, 0.29) is 11.6 Å². The van der Waals surface area contributed by atoms with Crippen LogP contribution in [0.2, 0.25) is 0 Å². The standard InChI is InChI=1S/C18H18BrN3O4/c1-10-9-13(15(20-10)18(25)26-2)21-16(23)11-7-8-22(17(11)24)14-6-4-3-5-12(14)19/h3-6,9,11,20H,7-8H2,1-2H3,(H,21,23)/t11-/m0/s1. The van der Waals surface area contributed by atoms with Gasteiger partial charge in [0.05, 0.1) is 18.5 Å². The molecule has 8 heteroatoms. The molecule has 1 aliphatic heterocycles. The number of benzene rings is 1. The lowest BCUT2D eigenvalue weighted by Gasteiger charge is -2.18. The fraction of sp³-hybridized carbons (Fsp3) is 0.278. The van der Waals surface area contributed by atoms with E-state index in [1.807, 2.05) is 24.3 Å². The highest BCUT2D eigenvalue weighted by atomic mass is 79.9. The Morgan fingerprint density at radius 1 is 1.35 bits per heavy atom. The topological polar surface area (TPSA) is 91.5 Å². The van der Waals surface area contributed by atoms with Gasteiger partial charge in [0.2, 0.25) is 11.8 Å². The number of para-hydroxylation sites is 1. The lowest BCUT2D eigenvalue weighted by atomic mass is 10.1. The van der Waals surface area contributed by atoms with Crippen LogP contribution in [0.3, 0.4) is 0 Å². The van der Waals surface area contributed by atoms with E-state index >= 15 is 0 Å². The Hall–Kier alpha value is -2.61. The molecule has 0 radical (unpaired) electrons. The van der Waals surface area contributed by atoms with Crippen molar-refractivity contribution in [2.45, 2.75) is 13.3 Å². The lowest BCUT2D eigenvalue weighted by molar-refractivity contribution is -0.129. The second-order valence-corrected chi connectivity index (χ2v) is 6.86. The van der Waals surface area contributed by atoms with Gasteiger partial charge >= 0.3 is 5.97 Å². The molecule has 1 aromatic heterocycles. The number of carbonyl (C=O) groups is 3. The number of carbonyl (C=O) groups excluding carboxylic acids is 3. The highest BCUT2D eigenvalue weighted by Crippen LogP contribution is 2.32. The van der Waals surface area contributed by atoms with Crippen LogP contribution in [0, 0.1) is 12.8 Å². The molecule has 7 nitrogen and oxygen atoms in total. The number of H-pyrrole nitrogens is 1. The normalized spacial score (nSPS) is 16.7. The van der Waals surface area contributed by atoms with Crippen molar-refractivity contribution in [2.24, 2.45) is 5.92 Å². The molecule has 2 aromatic rings. The summed E-state index contributed by atoms with van der Waals surface area (Å²) >= 11 is 3.43. The molecular weight excluding hydrogens is 402 g/mol. The summed E-state index contributed by atoms with van der Waals surface area (Å²) in [6, 6.07) is 9.01. The molecule has 0 aliphatic carbocycles. The van der Waals surface area contributed by atoms with Crippen LogP contribution < -0.4 is 10.2 Å². The molecule has 3 rings (SSSR count). The van der Waals surface area contributed by atoms with Crippen molar-refractivity contribution in [1.29, 1.82) is 0 Å². The van der Waals surface area contributed by atoms with Crippen LogP contribution in [-0.2, 0) is 14.3 Å². The second kappa shape index (κ2) is 7.33. The number of nitrogens with one attached hydrogen (secondary N) is 2. The van der Waals surface area contributed by atoms with Crippen molar-refractivity contribution in [2.75, 3.05) is 23.9 Å². The van der Waals surface area contributed by atoms with Crippen molar-refractivity contribution in [3.63, 3.8) is 0 Å². The summed E-state index contributed by atoms with van der Waals surface area (Å²) in [6.07, 6.45) is 0.406. The molecule has 2 N–H and O–H groups in total. The number of halogens is 1. The second-order valence-electron chi connectivity index (χ2n) is 6.00. The van der Waals surface area contributed by atoms with Crippen LogP contribution in [0.1, 0.15) is 22.6 Å². The number of aryl methyl sites for hydroxylation is 1. The zero-order valence-corrected chi connectivity index (χ0v) is 15.9. The number of hydrogen-bond donors (Lipinski definition) is 2. The maximum absolute atomic E-state index is 12.7. The molecule has 0 bridgehead atoms. The average molecular weight is 420 g/mol. The van der Waals surface area contributed by atoms with Gasteiger partial charge in [0.15, 0.2) is 0 Å². The van der Waals surface area contributed by atoms with Crippen LogP contribution >= 0.6 is 15.9 Å². The van der Waals surface area contributed by atoms with E-state index in [1.165, 1.54) is 7.11 Å². The fourth-order valence-electron chi connectivity index (χ4n) is 3.00. The Balaban J connectivity index is 1.77. The third kappa shape index (κ3) is 3.37. The van der Waals surface area contributed by atoms with E-state index in [1.54, 1.807) is 17.9 Å². The van der Waals surface area contributed by atoms with Gasteiger partial charge in [-0.3, -0.25) is 9.59 Å². The largest absolute Gasteiger partial charge is 0.464 e. The van der Waals surface area contributed by atoms with Gasteiger partial charge in [-0.2, -0.15) is 0 Å². The van der Waals surface area contributed by atoms with Gasteiger partial charge in [-0.05, 0) is 47.5 Å². The first kappa shape index (κ1) is 18.2. The number of hydrogen-bond acceptors (Lipinski definition) is 4. The predicted octanol–water partition coefficient (Wildman–Crippen LogP) is 2.86. The highest BCUT2D eigenvalue weighted by molar-refractivity contribution is 9.10.